The van der Waals surface area contributed by atoms with E-state index >= 15 is 0 Å². The van der Waals surface area contributed by atoms with E-state index in [-0.39, 0.29) is 6.54 Å². The van der Waals surface area contributed by atoms with Crippen LogP contribution in [0.2, 0.25) is 0 Å². The van der Waals surface area contributed by atoms with Gasteiger partial charge in [-0.05, 0) is 12.1 Å². The molecule has 0 spiro atoms. The van der Waals surface area contributed by atoms with Crippen molar-refractivity contribution >= 4 is 11.9 Å². The first-order chi connectivity index (χ1) is 7.97. The average molecular weight is 243 g/mol. The molecule has 0 atom stereocenters. The summed E-state index contributed by atoms with van der Waals surface area (Å²) in [6.45, 7) is -0.372. The number of ether oxygens (including phenoxy) is 1. The number of likely N-dealkylation sites (N-methyl/N-ethyl adjacent to an activating group) is 1. The van der Waals surface area contributed by atoms with Crippen molar-refractivity contribution in [3.8, 4) is 0 Å². The van der Waals surface area contributed by atoms with Gasteiger partial charge in [0.15, 0.2) is 0 Å². The van der Waals surface area contributed by atoms with Gasteiger partial charge < -0.3 is 9.64 Å². The molecule has 1 rings (SSSR count). The maximum atomic E-state index is 13.3. The Balaban J connectivity index is 2.93. The van der Waals surface area contributed by atoms with Crippen LogP contribution in [-0.2, 0) is 9.53 Å². The summed E-state index contributed by atoms with van der Waals surface area (Å²) >= 11 is 0. The molecule has 1 aromatic carbocycles. The number of halogens is 2. The Morgan fingerprint density at radius 2 is 1.82 bits per heavy atom. The van der Waals surface area contributed by atoms with Crippen LogP contribution in [0.15, 0.2) is 18.2 Å². The van der Waals surface area contributed by atoms with Crippen molar-refractivity contribution in [1.29, 1.82) is 0 Å². The van der Waals surface area contributed by atoms with Crippen molar-refractivity contribution in [3.63, 3.8) is 0 Å². The molecule has 92 valence electrons. The Morgan fingerprint density at radius 1 is 1.29 bits per heavy atom. The van der Waals surface area contributed by atoms with E-state index in [2.05, 4.69) is 4.74 Å². The Morgan fingerprint density at radius 3 is 2.29 bits per heavy atom. The van der Waals surface area contributed by atoms with Crippen molar-refractivity contribution in [2.24, 2.45) is 0 Å². The highest BCUT2D eigenvalue weighted by atomic mass is 19.1. The first-order valence-corrected chi connectivity index (χ1v) is 4.73. The molecule has 1 amide bonds. The fourth-order valence-corrected chi connectivity index (χ4v) is 1.22. The predicted octanol–water partition coefficient (Wildman–Crippen LogP) is 1.21. The zero-order valence-corrected chi connectivity index (χ0v) is 9.37. The van der Waals surface area contributed by atoms with Gasteiger partial charge in [-0.15, -0.1) is 0 Å². The van der Waals surface area contributed by atoms with Crippen LogP contribution in [-0.4, -0.2) is 37.5 Å². The zero-order valence-electron chi connectivity index (χ0n) is 9.37. The SMILES string of the molecule is COC(=O)CN(C)C(=O)c1c(F)cccc1F. The lowest BCUT2D eigenvalue weighted by atomic mass is 10.1. The molecule has 0 N–H and O–H groups in total. The van der Waals surface area contributed by atoms with Crippen LogP contribution >= 0.6 is 0 Å². The molecular formula is C11H11F2NO3. The van der Waals surface area contributed by atoms with Crippen LogP contribution in [0.25, 0.3) is 0 Å². The van der Waals surface area contributed by atoms with Crippen molar-refractivity contribution in [1.82, 2.24) is 4.90 Å². The van der Waals surface area contributed by atoms with Gasteiger partial charge in [-0.1, -0.05) is 6.07 Å². The molecule has 0 saturated carbocycles. The van der Waals surface area contributed by atoms with Gasteiger partial charge in [-0.25, -0.2) is 8.78 Å². The molecule has 4 nitrogen and oxygen atoms in total. The van der Waals surface area contributed by atoms with Gasteiger partial charge in [0.2, 0.25) is 0 Å². The third kappa shape index (κ3) is 2.99. The Hall–Kier alpha value is -1.98. The Labute approximate surface area is 96.8 Å². The summed E-state index contributed by atoms with van der Waals surface area (Å²) in [6, 6.07) is 3.10. The molecule has 0 saturated heterocycles. The van der Waals surface area contributed by atoms with Crippen LogP contribution < -0.4 is 0 Å². The third-order valence-electron chi connectivity index (χ3n) is 2.12. The lowest BCUT2D eigenvalue weighted by Gasteiger charge is -2.16. The minimum Gasteiger partial charge on any atom is -0.468 e. The third-order valence-corrected chi connectivity index (χ3v) is 2.12. The van der Waals surface area contributed by atoms with Crippen molar-refractivity contribution in [3.05, 3.63) is 35.4 Å². The van der Waals surface area contributed by atoms with Crippen LogP contribution in [0, 0.1) is 11.6 Å². The highest BCUT2D eigenvalue weighted by Crippen LogP contribution is 2.13. The quantitative estimate of drug-likeness (QED) is 0.750. The lowest BCUT2D eigenvalue weighted by molar-refractivity contribution is -0.141. The van der Waals surface area contributed by atoms with Gasteiger partial charge in [0, 0.05) is 7.05 Å². The van der Waals surface area contributed by atoms with E-state index in [9.17, 15) is 18.4 Å². The molecule has 0 aromatic heterocycles. The first kappa shape index (κ1) is 13.1. The zero-order chi connectivity index (χ0) is 13.0. The van der Waals surface area contributed by atoms with Gasteiger partial charge in [0.25, 0.3) is 5.91 Å². The van der Waals surface area contributed by atoms with E-state index in [1.54, 1.807) is 0 Å². The Bertz CT molecular complexity index is 428. The molecule has 17 heavy (non-hydrogen) atoms. The van der Waals surface area contributed by atoms with E-state index < -0.39 is 29.1 Å². The van der Waals surface area contributed by atoms with E-state index in [1.165, 1.54) is 7.05 Å². The number of esters is 1. The summed E-state index contributed by atoms with van der Waals surface area (Å²) < 4.78 is 30.9. The van der Waals surface area contributed by atoms with Crippen molar-refractivity contribution in [2.45, 2.75) is 0 Å². The van der Waals surface area contributed by atoms with E-state index in [4.69, 9.17) is 0 Å². The van der Waals surface area contributed by atoms with E-state index in [0.29, 0.717) is 0 Å². The number of nitrogens with zero attached hydrogens (tertiary/aromatic N) is 1. The van der Waals surface area contributed by atoms with Crippen LogP contribution in [0.1, 0.15) is 10.4 Å². The number of hydrogen-bond acceptors (Lipinski definition) is 3. The standard InChI is InChI=1S/C11H11F2NO3/c1-14(6-9(15)17-2)11(16)10-7(12)4-3-5-8(10)13/h3-5H,6H2,1-2H3. The summed E-state index contributed by atoms with van der Waals surface area (Å²) in [5.74, 6) is -3.51. The van der Waals surface area contributed by atoms with Crippen LogP contribution in [0.3, 0.4) is 0 Å². The van der Waals surface area contributed by atoms with Gasteiger partial charge in [0.05, 0.1) is 7.11 Å². The van der Waals surface area contributed by atoms with Crippen molar-refractivity contribution in [2.75, 3.05) is 20.7 Å². The molecule has 0 bridgehead atoms. The second kappa shape index (κ2) is 5.38. The first-order valence-electron chi connectivity index (χ1n) is 4.73. The molecule has 1 aromatic rings. The monoisotopic (exact) mass is 243 g/mol. The summed E-state index contributed by atoms with van der Waals surface area (Å²) in [7, 11) is 2.41. The normalized spacial score (nSPS) is 9.88. The number of hydrogen-bond donors (Lipinski definition) is 0. The number of carbonyl (C=O) groups excluding carboxylic acids is 2. The number of methoxy groups -OCH3 is 1. The van der Waals surface area contributed by atoms with Gasteiger partial charge in [-0.3, -0.25) is 9.59 Å². The minimum atomic E-state index is -0.966. The second-order valence-corrected chi connectivity index (χ2v) is 3.33. The Kier molecular flexibility index (Phi) is 4.14. The second-order valence-electron chi connectivity index (χ2n) is 3.33. The van der Waals surface area contributed by atoms with Gasteiger partial charge >= 0.3 is 5.97 Å². The maximum Gasteiger partial charge on any atom is 0.325 e. The highest BCUT2D eigenvalue weighted by Gasteiger charge is 2.22. The molecule has 0 aliphatic rings. The lowest BCUT2D eigenvalue weighted by Crippen LogP contribution is -2.33. The molecule has 0 radical (unpaired) electrons. The number of rotatable bonds is 3. The van der Waals surface area contributed by atoms with Gasteiger partial charge in [-0.2, -0.15) is 0 Å². The fourth-order valence-electron chi connectivity index (χ4n) is 1.22. The minimum absolute atomic E-state index is 0.372. The largest absolute Gasteiger partial charge is 0.468 e. The maximum absolute atomic E-state index is 13.3. The van der Waals surface area contributed by atoms with E-state index in [0.717, 1.165) is 30.2 Å². The number of carbonyl (C=O) groups is 2. The summed E-state index contributed by atoms with van der Waals surface area (Å²) in [5, 5.41) is 0. The fraction of sp³-hybridized carbons (Fsp3) is 0.273. The molecule has 0 aliphatic heterocycles. The number of benzene rings is 1. The smallest absolute Gasteiger partial charge is 0.325 e. The van der Waals surface area contributed by atoms with Crippen molar-refractivity contribution < 1.29 is 23.1 Å². The molecule has 0 heterocycles. The highest BCUT2D eigenvalue weighted by molar-refractivity contribution is 5.96. The number of amides is 1. The van der Waals surface area contributed by atoms with Gasteiger partial charge in [0.1, 0.15) is 23.7 Å². The molecule has 0 fully saturated rings. The summed E-state index contributed by atoms with van der Waals surface area (Å²) in [5.41, 5.74) is -0.682. The summed E-state index contributed by atoms with van der Waals surface area (Å²) in [6.07, 6.45) is 0. The van der Waals surface area contributed by atoms with Crippen LogP contribution in [0.4, 0.5) is 8.78 Å². The predicted molar refractivity (Wildman–Crippen MR) is 55.3 cm³/mol. The molecular weight excluding hydrogens is 232 g/mol. The average Bonchev–Trinajstić information content (AvgIpc) is 2.28. The topological polar surface area (TPSA) is 46.6 Å². The van der Waals surface area contributed by atoms with E-state index in [1.807, 2.05) is 0 Å². The molecule has 0 aliphatic carbocycles. The summed E-state index contributed by atoms with van der Waals surface area (Å²) in [4.78, 5) is 23.5. The molecule has 0 unspecified atom stereocenters. The van der Waals surface area contributed by atoms with Crippen LogP contribution in [0.5, 0.6) is 0 Å². The molecule has 6 heteroatoms.